The third-order valence-corrected chi connectivity index (χ3v) is 3.64. The van der Waals surface area contributed by atoms with E-state index in [2.05, 4.69) is 54.7 Å². The van der Waals surface area contributed by atoms with Gasteiger partial charge in [0.05, 0.1) is 6.61 Å². The van der Waals surface area contributed by atoms with Crippen LogP contribution in [0.1, 0.15) is 23.6 Å². The topological polar surface area (TPSA) is 21.3 Å². The Hall–Kier alpha value is -1.96. The Labute approximate surface area is 114 Å². The van der Waals surface area contributed by atoms with E-state index in [0.717, 1.165) is 31.7 Å². The van der Waals surface area contributed by atoms with Gasteiger partial charge in [-0.05, 0) is 35.2 Å². The molecular weight excluding hydrogens is 234 g/mol. The molecule has 0 aliphatic carbocycles. The molecule has 0 saturated carbocycles. The van der Waals surface area contributed by atoms with Crippen LogP contribution in [-0.4, -0.2) is 6.61 Å². The van der Waals surface area contributed by atoms with E-state index in [9.17, 15) is 0 Å². The van der Waals surface area contributed by atoms with Crippen LogP contribution in [0.5, 0.6) is 5.75 Å². The molecule has 2 nitrogen and oxygen atoms in total. The van der Waals surface area contributed by atoms with Gasteiger partial charge in [0.2, 0.25) is 0 Å². The molecule has 98 valence electrons. The van der Waals surface area contributed by atoms with Gasteiger partial charge >= 0.3 is 0 Å². The van der Waals surface area contributed by atoms with Crippen molar-refractivity contribution in [2.24, 2.45) is 0 Å². The van der Waals surface area contributed by atoms with Crippen LogP contribution in [0.4, 0.5) is 5.69 Å². The zero-order valence-corrected chi connectivity index (χ0v) is 11.3. The number of anilines is 1. The number of para-hydroxylation sites is 1. The van der Waals surface area contributed by atoms with Crippen molar-refractivity contribution in [1.82, 2.24) is 0 Å². The molecule has 0 aromatic heterocycles. The number of aryl methyl sites for hydroxylation is 1. The van der Waals surface area contributed by atoms with E-state index in [0.29, 0.717) is 0 Å². The Balaban J connectivity index is 1.72. The standard InChI is InChI=1S/C17H19NO/c1-2-14-5-3-4-6-16(14)18-12-13-7-8-17-15(11-13)9-10-19-17/h3-8,11,18H,2,9-10,12H2,1H3. The Morgan fingerprint density at radius 1 is 1.16 bits per heavy atom. The van der Waals surface area contributed by atoms with Gasteiger partial charge in [0.1, 0.15) is 5.75 Å². The average molecular weight is 253 g/mol. The van der Waals surface area contributed by atoms with Crippen LogP contribution in [0.25, 0.3) is 0 Å². The highest BCUT2D eigenvalue weighted by atomic mass is 16.5. The van der Waals surface area contributed by atoms with Gasteiger partial charge in [-0.15, -0.1) is 0 Å². The molecular formula is C17H19NO. The predicted molar refractivity (Wildman–Crippen MR) is 78.8 cm³/mol. The van der Waals surface area contributed by atoms with Gasteiger partial charge in [0.15, 0.2) is 0 Å². The summed E-state index contributed by atoms with van der Waals surface area (Å²) in [5.74, 6) is 1.05. The largest absolute Gasteiger partial charge is 0.493 e. The van der Waals surface area contributed by atoms with Crippen molar-refractivity contribution >= 4 is 5.69 Å². The second kappa shape index (κ2) is 5.35. The summed E-state index contributed by atoms with van der Waals surface area (Å²) in [6.45, 7) is 3.88. The van der Waals surface area contributed by atoms with Crippen LogP contribution in [0, 0.1) is 0 Å². The fraction of sp³-hybridized carbons (Fsp3) is 0.294. The lowest BCUT2D eigenvalue weighted by atomic mass is 10.1. The monoisotopic (exact) mass is 253 g/mol. The normalized spacial score (nSPS) is 12.9. The second-order valence-corrected chi connectivity index (χ2v) is 4.90. The minimum atomic E-state index is 0.824. The van der Waals surface area contributed by atoms with Crippen molar-refractivity contribution in [2.45, 2.75) is 26.3 Å². The van der Waals surface area contributed by atoms with Gasteiger partial charge in [0, 0.05) is 18.7 Å². The molecule has 2 aromatic rings. The first-order chi connectivity index (χ1) is 9.36. The molecule has 1 aliphatic rings. The molecule has 0 radical (unpaired) electrons. The fourth-order valence-electron chi connectivity index (χ4n) is 2.55. The van der Waals surface area contributed by atoms with Crippen molar-refractivity contribution in [3.63, 3.8) is 0 Å². The van der Waals surface area contributed by atoms with E-state index in [1.807, 2.05) is 0 Å². The molecule has 1 heterocycles. The van der Waals surface area contributed by atoms with Crippen molar-refractivity contribution < 1.29 is 4.74 Å². The lowest BCUT2D eigenvalue weighted by Gasteiger charge is -2.11. The highest BCUT2D eigenvalue weighted by molar-refractivity contribution is 5.51. The van der Waals surface area contributed by atoms with Crippen LogP contribution in [0.2, 0.25) is 0 Å². The first-order valence-electron chi connectivity index (χ1n) is 6.93. The Morgan fingerprint density at radius 3 is 2.95 bits per heavy atom. The molecule has 0 atom stereocenters. The second-order valence-electron chi connectivity index (χ2n) is 4.90. The van der Waals surface area contributed by atoms with Crippen LogP contribution in [0.3, 0.4) is 0 Å². The predicted octanol–water partition coefficient (Wildman–Crippen LogP) is 3.80. The molecule has 0 bridgehead atoms. The molecule has 1 aliphatic heterocycles. The quantitative estimate of drug-likeness (QED) is 0.895. The summed E-state index contributed by atoms with van der Waals surface area (Å²) in [4.78, 5) is 0. The first-order valence-corrected chi connectivity index (χ1v) is 6.93. The van der Waals surface area contributed by atoms with E-state index in [1.165, 1.54) is 22.4 Å². The molecule has 19 heavy (non-hydrogen) atoms. The summed E-state index contributed by atoms with van der Waals surface area (Å²) in [5.41, 5.74) is 5.26. The smallest absolute Gasteiger partial charge is 0.122 e. The number of nitrogens with one attached hydrogen (secondary N) is 1. The lowest BCUT2D eigenvalue weighted by Crippen LogP contribution is -2.02. The van der Waals surface area contributed by atoms with Crippen molar-refractivity contribution in [1.29, 1.82) is 0 Å². The van der Waals surface area contributed by atoms with Gasteiger partial charge in [-0.1, -0.05) is 37.3 Å². The SMILES string of the molecule is CCc1ccccc1NCc1ccc2c(c1)CCO2. The van der Waals surface area contributed by atoms with E-state index in [4.69, 9.17) is 4.74 Å². The Bertz CT molecular complexity index is 577. The molecule has 0 amide bonds. The first kappa shape index (κ1) is 12.1. The van der Waals surface area contributed by atoms with Crippen LogP contribution in [-0.2, 0) is 19.4 Å². The fourth-order valence-corrected chi connectivity index (χ4v) is 2.55. The summed E-state index contributed by atoms with van der Waals surface area (Å²) < 4.78 is 5.53. The molecule has 0 unspecified atom stereocenters. The minimum absolute atomic E-state index is 0.824. The Kier molecular flexibility index (Phi) is 3.41. The molecule has 2 heteroatoms. The highest BCUT2D eigenvalue weighted by Gasteiger charge is 2.11. The summed E-state index contributed by atoms with van der Waals surface area (Å²) in [6, 6.07) is 15.0. The van der Waals surface area contributed by atoms with Gasteiger partial charge < -0.3 is 10.1 Å². The van der Waals surface area contributed by atoms with E-state index in [-0.39, 0.29) is 0 Å². The van der Waals surface area contributed by atoms with E-state index < -0.39 is 0 Å². The number of fused-ring (bicyclic) bond motifs is 1. The van der Waals surface area contributed by atoms with Gasteiger partial charge in [-0.25, -0.2) is 0 Å². The number of hydrogen-bond acceptors (Lipinski definition) is 2. The summed E-state index contributed by atoms with van der Waals surface area (Å²) >= 11 is 0. The average Bonchev–Trinajstić information content (AvgIpc) is 2.93. The maximum atomic E-state index is 5.53. The summed E-state index contributed by atoms with van der Waals surface area (Å²) in [6.07, 6.45) is 2.09. The van der Waals surface area contributed by atoms with E-state index in [1.54, 1.807) is 0 Å². The third-order valence-electron chi connectivity index (χ3n) is 3.64. The molecule has 0 spiro atoms. The van der Waals surface area contributed by atoms with Crippen LogP contribution >= 0.6 is 0 Å². The summed E-state index contributed by atoms with van der Waals surface area (Å²) in [7, 11) is 0. The zero-order chi connectivity index (χ0) is 13.1. The van der Waals surface area contributed by atoms with Crippen LogP contribution < -0.4 is 10.1 Å². The number of ether oxygens (including phenoxy) is 1. The zero-order valence-electron chi connectivity index (χ0n) is 11.3. The number of hydrogen-bond donors (Lipinski definition) is 1. The van der Waals surface area contributed by atoms with Gasteiger partial charge in [-0.3, -0.25) is 0 Å². The Morgan fingerprint density at radius 2 is 2.05 bits per heavy atom. The van der Waals surface area contributed by atoms with Crippen LogP contribution in [0.15, 0.2) is 42.5 Å². The van der Waals surface area contributed by atoms with Crippen molar-refractivity contribution in [3.8, 4) is 5.75 Å². The molecule has 2 aromatic carbocycles. The molecule has 0 fully saturated rings. The van der Waals surface area contributed by atoms with Crippen molar-refractivity contribution in [2.75, 3.05) is 11.9 Å². The lowest BCUT2D eigenvalue weighted by molar-refractivity contribution is 0.357. The summed E-state index contributed by atoms with van der Waals surface area (Å²) in [5, 5.41) is 3.53. The number of benzene rings is 2. The maximum Gasteiger partial charge on any atom is 0.122 e. The highest BCUT2D eigenvalue weighted by Crippen LogP contribution is 2.26. The third kappa shape index (κ3) is 2.58. The van der Waals surface area contributed by atoms with Crippen molar-refractivity contribution in [3.05, 3.63) is 59.2 Å². The maximum absolute atomic E-state index is 5.53. The molecule has 3 rings (SSSR count). The van der Waals surface area contributed by atoms with Gasteiger partial charge in [0.25, 0.3) is 0 Å². The van der Waals surface area contributed by atoms with E-state index >= 15 is 0 Å². The minimum Gasteiger partial charge on any atom is -0.493 e. The van der Waals surface area contributed by atoms with Gasteiger partial charge in [-0.2, -0.15) is 0 Å². The molecule has 0 saturated heterocycles. The number of rotatable bonds is 4. The molecule has 1 N–H and O–H groups in total.